The van der Waals surface area contributed by atoms with Crippen LogP contribution in [0.5, 0.6) is 0 Å². The number of hydrogen-bond acceptors (Lipinski definition) is 4. The molecule has 0 radical (unpaired) electrons. The number of nitrogens with two attached hydrogens (primary N) is 1. The van der Waals surface area contributed by atoms with Gasteiger partial charge < -0.3 is 10.3 Å². The minimum Gasteiger partial charge on any atom is -0.360 e. The second-order valence-electron chi connectivity index (χ2n) is 4.18. The van der Waals surface area contributed by atoms with E-state index in [2.05, 4.69) is 10.1 Å². The molecule has 0 aliphatic carbocycles. The van der Waals surface area contributed by atoms with Gasteiger partial charge in [-0.25, -0.2) is 0 Å². The number of aromatic nitrogens is 1. The van der Waals surface area contributed by atoms with E-state index in [1.54, 1.807) is 6.20 Å². The minimum absolute atomic E-state index is 0.633. The van der Waals surface area contributed by atoms with Gasteiger partial charge >= 0.3 is 0 Å². The predicted octanol–water partition coefficient (Wildman–Crippen LogP) is 1.38. The summed E-state index contributed by atoms with van der Waals surface area (Å²) in [5.41, 5.74) is 5.63. The average Bonchev–Trinajstić information content (AvgIpc) is 2.74. The molecule has 1 saturated heterocycles. The minimum atomic E-state index is 0.633. The van der Waals surface area contributed by atoms with E-state index in [9.17, 15) is 0 Å². The number of rotatable bonds is 4. The third-order valence-corrected chi connectivity index (χ3v) is 3.10. The first-order chi connectivity index (χ1) is 7.40. The monoisotopic (exact) mass is 209 g/mol. The Kier molecular flexibility index (Phi) is 3.75. The summed E-state index contributed by atoms with van der Waals surface area (Å²) in [6.07, 6.45) is 6.68. The van der Waals surface area contributed by atoms with Gasteiger partial charge in [0, 0.05) is 12.1 Å². The summed E-state index contributed by atoms with van der Waals surface area (Å²) in [4.78, 5) is 2.47. The largest absolute Gasteiger partial charge is 0.360 e. The lowest BCUT2D eigenvalue weighted by Gasteiger charge is -2.34. The molecule has 15 heavy (non-hydrogen) atoms. The molecule has 0 spiro atoms. The quantitative estimate of drug-likeness (QED) is 0.814. The van der Waals surface area contributed by atoms with Gasteiger partial charge in [-0.3, -0.25) is 4.90 Å². The second-order valence-corrected chi connectivity index (χ2v) is 4.18. The normalized spacial score (nSPS) is 23.1. The lowest BCUT2D eigenvalue weighted by atomic mass is 9.99. The highest BCUT2D eigenvalue weighted by atomic mass is 16.5. The molecule has 2 N–H and O–H groups in total. The first-order valence-electron chi connectivity index (χ1n) is 5.74. The molecule has 1 aliphatic rings. The Morgan fingerprint density at radius 3 is 3.20 bits per heavy atom. The van der Waals surface area contributed by atoms with E-state index < -0.39 is 0 Å². The molecule has 0 bridgehead atoms. The van der Waals surface area contributed by atoms with Gasteiger partial charge in [-0.05, 0) is 32.4 Å². The third kappa shape index (κ3) is 2.79. The molecule has 4 nitrogen and oxygen atoms in total. The summed E-state index contributed by atoms with van der Waals surface area (Å²) in [5, 5.41) is 3.73. The summed E-state index contributed by atoms with van der Waals surface area (Å²) in [6, 6.07) is 2.57. The molecule has 1 aromatic rings. The van der Waals surface area contributed by atoms with Gasteiger partial charge in [0.1, 0.15) is 0 Å². The van der Waals surface area contributed by atoms with Crippen LogP contribution >= 0.6 is 0 Å². The van der Waals surface area contributed by atoms with Crippen LogP contribution in [0.15, 0.2) is 16.8 Å². The van der Waals surface area contributed by atoms with Gasteiger partial charge in [0.05, 0.1) is 12.7 Å². The standard InChI is InChI=1S/C11H19N3O/c12-6-4-10-3-1-2-8-14(10)9-11-5-7-13-15-11/h5,7,10H,1-4,6,8-9,12H2. The summed E-state index contributed by atoms with van der Waals surface area (Å²) >= 11 is 0. The molecule has 0 saturated carbocycles. The van der Waals surface area contributed by atoms with Gasteiger partial charge in [-0.2, -0.15) is 0 Å². The molecule has 2 rings (SSSR count). The summed E-state index contributed by atoms with van der Waals surface area (Å²) in [7, 11) is 0. The maximum atomic E-state index is 5.63. The van der Waals surface area contributed by atoms with Crippen molar-refractivity contribution in [3.63, 3.8) is 0 Å². The van der Waals surface area contributed by atoms with Crippen molar-refractivity contribution in [1.29, 1.82) is 0 Å². The van der Waals surface area contributed by atoms with Crippen LogP contribution in [0.3, 0.4) is 0 Å². The van der Waals surface area contributed by atoms with Crippen molar-refractivity contribution in [3.05, 3.63) is 18.0 Å². The van der Waals surface area contributed by atoms with Gasteiger partial charge in [0.2, 0.25) is 0 Å². The predicted molar refractivity (Wildman–Crippen MR) is 58.2 cm³/mol. The second kappa shape index (κ2) is 5.28. The first-order valence-corrected chi connectivity index (χ1v) is 5.74. The van der Waals surface area contributed by atoms with Gasteiger partial charge in [-0.15, -0.1) is 0 Å². The Balaban J connectivity index is 1.92. The molecular weight excluding hydrogens is 190 g/mol. The number of nitrogens with zero attached hydrogens (tertiary/aromatic N) is 2. The Hall–Kier alpha value is -0.870. The fourth-order valence-electron chi connectivity index (χ4n) is 2.31. The van der Waals surface area contributed by atoms with Crippen molar-refractivity contribution in [2.24, 2.45) is 5.73 Å². The zero-order valence-corrected chi connectivity index (χ0v) is 9.06. The zero-order chi connectivity index (χ0) is 10.5. The van der Waals surface area contributed by atoms with Crippen molar-refractivity contribution in [2.45, 2.75) is 38.3 Å². The van der Waals surface area contributed by atoms with Crippen LogP contribution in [-0.4, -0.2) is 29.2 Å². The fraction of sp³-hybridized carbons (Fsp3) is 0.727. The molecule has 2 heterocycles. The highest BCUT2D eigenvalue weighted by Crippen LogP contribution is 2.21. The van der Waals surface area contributed by atoms with E-state index in [0.29, 0.717) is 6.04 Å². The van der Waals surface area contributed by atoms with Crippen LogP contribution in [0.1, 0.15) is 31.4 Å². The van der Waals surface area contributed by atoms with Crippen molar-refractivity contribution in [1.82, 2.24) is 10.1 Å². The maximum absolute atomic E-state index is 5.63. The molecule has 1 aromatic heterocycles. The first kappa shape index (κ1) is 10.6. The Labute approximate surface area is 90.4 Å². The van der Waals surface area contributed by atoms with Crippen LogP contribution in [0.2, 0.25) is 0 Å². The lowest BCUT2D eigenvalue weighted by molar-refractivity contribution is 0.121. The number of hydrogen-bond donors (Lipinski definition) is 1. The molecule has 0 aromatic carbocycles. The number of likely N-dealkylation sites (tertiary alicyclic amines) is 1. The highest BCUT2D eigenvalue weighted by Gasteiger charge is 2.22. The third-order valence-electron chi connectivity index (χ3n) is 3.10. The summed E-state index contributed by atoms with van der Waals surface area (Å²) < 4.78 is 5.14. The van der Waals surface area contributed by atoms with Crippen LogP contribution < -0.4 is 5.73 Å². The SMILES string of the molecule is NCCC1CCCCN1Cc1ccno1. The lowest BCUT2D eigenvalue weighted by Crippen LogP contribution is -2.40. The van der Waals surface area contributed by atoms with Gasteiger partial charge in [0.15, 0.2) is 5.76 Å². The topological polar surface area (TPSA) is 55.3 Å². The fourth-order valence-corrected chi connectivity index (χ4v) is 2.31. The van der Waals surface area contributed by atoms with Crippen molar-refractivity contribution in [2.75, 3.05) is 13.1 Å². The molecule has 84 valence electrons. The Bertz CT molecular complexity index is 271. The summed E-state index contributed by atoms with van der Waals surface area (Å²) in [5.74, 6) is 0.957. The molecule has 1 aliphatic heterocycles. The maximum Gasteiger partial charge on any atom is 0.150 e. The van der Waals surface area contributed by atoms with Crippen molar-refractivity contribution >= 4 is 0 Å². The van der Waals surface area contributed by atoms with E-state index in [1.807, 2.05) is 6.07 Å². The van der Waals surface area contributed by atoms with Crippen LogP contribution in [0.25, 0.3) is 0 Å². The van der Waals surface area contributed by atoms with E-state index in [1.165, 1.54) is 19.3 Å². The molecule has 0 amide bonds. The van der Waals surface area contributed by atoms with E-state index >= 15 is 0 Å². The van der Waals surface area contributed by atoms with Crippen molar-refractivity contribution in [3.8, 4) is 0 Å². The molecule has 1 fully saturated rings. The molecule has 4 heteroatoms. The van der Waals surface area contributed by atoms with Gasteiger partial charge in [0.25, 0.3) is 0 Å². The Morgan fingerprint density at radius 1 is 1.53 bits per heavy atom. The van der Waals surface area contributed by atoms with E-state index in [-0.39, 0.29) is 0 Å². The average molecular weight is 209 g/mol. The van der Waals surface area contributed by atoms with Crippen LogP contribution in [0, 0.1) is 0 Å². The van der Waals surface area contributed by atoms with Crippen LogP contribution in [0.4, 0.5) is 0 Å². The molecular formula is C11H19N3O. The molecule has 1 unspecified atom stereocenters. The Morgan fingerprint density at radius 2 is 2.47 bits per heavy atom. The summed E-state index contributed by atoms with van der Waals surface area (Å²) in [6.45, 7) is 2.81. The molecule has 1 atom stereocenters. The highest BCUT2D eigenvalue weighted by molar-refractivity contribution is 4.94. The van der Waals surface area contributed by atoms with Crippen molar-refractivity contribution < 1.29 is 4.52 Å². The number of piperidine rings is 1. The van der Waals surface area contributed by atoms with E-state index in [0.717, 1.165) is 31.8 Å². The van der Waals surface area contributed by atoms with Gasteiger partial charge in [-0.1, -0.05) is 11.6 Å². The van der Waals surface area contributed by atoms with E-state index in [4.69, 9.17) is 10.3 Å². The van der Waals surface area contributed by atoms with Crippen LogP contribution in [-0.2, 0) is 6.54 Å². The zero-order valence-electron chi connectivity index (χ0n) is 9.06. The smallest absolute Gasteiger partial charge is 0.150 e.